The van der Waals surface area contributed by atoms with Gasteiger partial charge in [0, 0.05) is 19.2 Å². The summed E-state index contributed by atoms with van der Waals surface area (Å²) in [6.45, 7) is 8.00. The predicted molar refractivity (Wildman–Crippen MR) is 93.3 cm³/mol. The monoisotopic (exact) mass is 298 g/mol. The number of aryl methyl sites for hydroxylation is 2. The summed E-state index contributed by atoms with van der Waals surface area (Å²) in [7, 11) is 0. The van der Waals surface area contributed by atoms with E-state index in [1.54, 1.807) is 0 Å². The van der Waals surface area contributed by atoms with E-state index in [0.717, 1.165) is 30.5 Å². The van der Waals surface area contributed by atoms with Crippen molar-refractivity contribution in [1.82, 2.24) is 9.97 Å². The SMILES string of the molecule is CCCCCNc1cc(NCc2ccccc2C)nc(C)n1. The van der Waals surface area contributed by atoms with Crippen LogP contribution in [0.15, 0.2) is 30.3 Å². The van der Waals surface area contributed by atoms with Gasteiger partial charge in [0.25, 0.3) is 0 Å². The van der Waals surface area contributed by atoms with Crippen molar-refractivity contribution in [3.05, 3.63) is 47.3 Å². The molecule has 0 atom stereocenters. The van der Waals surface area contributed by atoms with Crippen molar-refractivity contribution in [2.75, 3.05) is 17.2 Å². The number of anilines is 2. The fraction of sp³-hybridized carbons (Fsp3) is 0.444. The van der Waals surface area contributed by atoms with E-state index in [1.165, 1.54) is 30.4 Å². The average Bonchev–Trinajstić information content (AvgIpc) is 2.50. The summed E-state index contributed by atoms with van der Waals surface area (Å²) in [5.41, 5.74) is 2.58. The number of unbranched alkanes of at least 4 members (excludes halogenated alkanes) is 2. The third kappa shape index (κ3) is 5.02. The van der Waals surface area contributed by atoms with Gasteiger partial charge in [0.2, 0.25) is 0 Å². The standard InChI is InChI=1S/C18H26N4/c1-4-5-8-11-19-17-12-18(22-15(3)21-17)20-13-16-10-7-6-9-14(16)2/h6-7,9-10,12H,4-5,8,11,13H2,1-3H3,(H2,19,20,21,22). The highest BCUT2D eigenvalue weighted by molar-refractivity contribution is 5.48. The molecule has 1 aromatic heterocycles. The summed E-state index contributed by atoms with van der Waals surface area (Å²) in [6, 6.07) is 10.4. The van der Waals surface area contributed by atoms with Crippen LogP contribution < -0.4 is 10.6 Å². The Balaban J connectivity index is 1.96. The molecule has 0 aliphatic rings. The molecule has 0 unspecified atom stereocenters. The molecule has 0 aliphatic heterocycles. The number of benzene rings is 1. The maximum Gasteiger partial charge on any atom is 0.132 e. The second kappa shape index (κ2) is 8.37. The normalized spacial score (nSPS) is 10.5. The molecule has 0 spiro atoms. The number of nitrogens with zero attached hydrogens (tertiary/aromatic N) is 2. The summed E-state index contributed by atoms with van der Waals surface area (Å²) < 4.78 is 0. The van der Waals surface area contributed by atoms with Crippen molar-refractivity contribution >= 4 is 11.6 Å². The molecule has 2 rings (SSSR count). The van der Waals surface area contributed by atoms with Crippen LogP contribution in [0, 0.1) is 13.8 Å². The van der Waals surface area contributed by atoms with Crippen LogP contribution in [0.2, 0.25) is 0 Å². The largest absolute Gasteiger partial charge is 0.370 e. The van der Waals surface area contributed by atoms with Gasteiger partial charge >= 0.3 is 0 Å². The highest BCUT2D eigenvalue weighted by Gasteiger charge is 2.03. The maximum absolute atomic E-state index is 4.46. The van der Waals surface area contributed by atoms with Crippen LogP contribution >= 0.6 is 0 Å². The van der Waals surface area contributed by atoms with Crippen LogP contribution in [0.5, 0.6) is 0 Å². The van der Waals surface area contributed by atoms with Crippen LogP contribution in [-0.4, -0.2) is 16.5 Å². The van der Waals surface area contributed by atoms with Crippen molar-refractivity contribution in [2.45, 2.75) is 46.6 Å². The molecule has 2 N–H and O–H groups in total. The third-order valence-electron chi connectivity index (χ3n) is 3.65. The highest BCUT2D eigenvalue weighted by Crippen LogP contribution is 2.14. The molecule has 2 aromatic rings. The maximum atomic E-state index is 4.46. The molecule has 0 fully saturated rings. The number of rotatable bonds is 8. The minimum atomic E-state index is 0.776. The molecule has 22 heavy (non-hydrogen) atoms. The Morgan fingerprint density at radius 3 is 2.41 bits per heavy atom. The van der Waals surface area contributed by atoms with Gasteiger partial charge in [0.1, 0.15) is 17.5 Å². The molecule has 1 heterocycles. The summed E-state index contributed by atoms with van der Waals surface area (Å²) >= 11 is 0. The average molecular weight is 298 g/mol. The Bertz CT molecular complexity index is 595. The zero-order valence-electron chi connectivity index (χ0n) is 13.8. The number of hydrogen-bond acceptors (Lipinski definition) is 4. The molecule has 1 aromatic carbocycles. The molecule has 0 radical (unpaired) electrons. The summed E-state index contributed by atoms with van der Waals surface area (Å²) in [4.78, 5) is 8.90. The minimum Gasteiger partial charge on any atom is -0.370 e. The van der Waals surface area contributed by atoms with Crippen LogP contribution in [0.25, 0.3) is 0 Å². The van der Waals surface area contributed by atoms with Crippen molar-refractivity contribution in [2.24, 2.45) is 0 Å². The topological polar surface area (TPSA) is 49.8 Å². The van der Waals surface area contributed by atoms with E-state index < -0.39 is 0 Å². The molecule has 0 saturated carbocycles. The minimum absolute atomic E-state index is 0.776. The van der Waals surface area contributed by atoms with Crippen molar-refractivity contribution in [3.63, 3.8) is 0 Å². The van der Waals surface area contributed by atoms with Gasteiger partial charge in [0.15, 0.2) is 0 Å². The molecule has 0 bridgehead atoms. The third-order valence-corrected chi connectivity index (χ3v) is 3.65. The van der Waals surface area contributed by atoms with Crippen LogP contribution in [0.4, 0.5) is 11.6 Å². The van der Waals surface area contributed by atoms with E-state index in [4.69, 9.17) is 0 Å². The van der Waals surface area contributed by atoms with Crippen molar-refractivity contribution in [1.29, 1.82) is 0 Å². The van der Waals surface area contributed by atoms with Gasteiger partial charge < -0.3 is 10.6 Å². The number of hydrogen-bond donors (Lipinski definition) is 2. The summed E-state index contributed by atoms with van der Waals surface area (Å²) in [5, 5.41) is 6.77. The molecule has 4 nitrogen and oxygen atoms in total. The Morgan fingerprint density at radius 1 is 0.955 bits per heavy atom. The molecule has 0 aliphatic carbocycles. The zero-order valence-corrected chi connectivity index (χ0v) is 13.8. The number of aromatic nitrogens is 2. The first kappa shape index (κ1) is 16.3. The first-order valence-electron chi connectivity index (χ1n) is 8.07. The second-order valence-corrected chi connectivity index (χ2v) is 5.60. The summed E-state index contributed by atoms with van der Waals surface area (Å²) in [5.74, 6) is 2.55. The van der Waals surface area contributed by atoms with E-state index >= 15 is 0 Å². The van der Waals surface area contributed by atoms with Crippen molar-refractivity contribution in [3.8, 4) is 0 Å². The van der Waals surface area contributed by atoms with Gasteiger partial charge in [-0.1, -0.05) is 44.0 Å². The quantitative estimate of drug-likeness (QED) is 0.713. The van der Waals surface area contributed by atoms with E-state index in [9.17, 15) is 0 Å². The van der Waals surface area contributed by atoms with Gasteiger partial charge in [-0.15, -0.1) is 0 Å². The zero-order chi connectivity index (χ0) is 15.8. The van der Waals surface area contributed by atoms with E-state index in [-0.39, 0.29) is 0 Å². The lowest BCUT2D eigenvalue weighted by Crippen LogP contribution is -2.08. The molecule has 0 amide bonds. The lowest BCUT2D eigenvalue weighted by molar-refractivity contribution is 0.742. The first-order chi connectivity index (χ1) is 10.7. The van der Waals surface area contributed by atoms with Crippen LogP contribution in [-0.2, 0) is 6.54 Å². The van der Waals surface area contributed by atoms with Crippen LogP contribution in [0.1, 0.15) is 43.1 Å². The fourth-order valence-electron chi connectivity index (χ4n) is 2.33. The van der Waals surface area contributed by atoms with E-state index in [0.29, 0.717) is 0 Å². The first-order valence-corrected chi connectivity index (χ1v) is 8.07. The fourth-order valence-corrected chi connectivity index (χ4v) is 2.33. The summed E-state index contributed by atoms with van der Waals surface area (Å²) in [6.07, 6.45) is 3.65. The van der Waals surface area contributed by atoms with E-state index in [1.807, 2.05) is 13.0 Å². The molecular formula is C18H26N4. The van der Waals surface area contributed by atoms with E-state index in [2.05, 4.69) is 58.7 Å². The van der Waals surface area contributed by atoms with Gasteiger partial charge in [-0.05, 0) is 31.4 Å². The Hall–Kier alpha value is -2.10. The molecular weight excluding hydrogens is 272 g/mol. The Morgan fingerprint density at radius 2 is 1.68 bits per heavy atom. The second-order valence-electron chi connectivity index (χ2n) is 5.60. The highest BCUT2D eigenvalue weighted by atomic mass is 15.1. The number of nitrogens with one attached hydrogen (secondary N) is 2. The lowest BCUT2D eigenvalue weighted by atomic mass is 10.1. The Labute approximate surface area is 133 Å². The van der Waals surface area contributed by atoms with Gasteiger partial charge in [-0.25, -0.2) is 9.97 Å². The lowest BCUT2D eigenvalue weighted by Gasteiger charge is -2.11. The smallest absolute Gasteiger partial charge is 0.132 e. The molecule has 118 valence electrons. The van der Waals surface area contributed by atoms with Gasteiger partial charge in [0.05, 0.1) is 0 Å². The van der Waals surface area contributed by atoms with Crippen molar-refractivity contribution < 1.29 is 0 Å². The Kier molecular flexibility index (Phi) is 6.19. The van der Waals surface area contributed by atoms with Crippen LogP contribution in [0.3, 0.4) is 0 Å². The molecule has 0 saturated heterocycles. The molecule has 4 heteroatoms. The van der Waals surface area contributed by atoms with Gasteiger partial charge in [-0.3, -0.25) is 0 Å². The predicted octanol–water partition coefficient (Wildman–Crippen LogP) is 4.31. The van der Waals surface area contributed by atoms with Gasteiger partial charge in [-0.2, -0.15) is 0 Å².